The minimum absolute atomic E-state index is 0.0166. The van der Waals surface area contributed by atoms with E-state index in [1.807, 2.05) is 9.80 Å². The molecule has 1 saturated carbocycles. The van der Waals surface area contributed by atoms with Crippen LogP contribution in [0.15, 0.2) is 4.42 Å². The zero-order valence-corrected chi connectivity index (χ0v) is 13.0. The first-order valence-corrected chi connectivity index (χ1v) is 8.28. The van der Waals surface area contributed by atoms with Crippen molar-refractivity contribution in [3.63, 3.8) is 0 Å². The van der Waals surface area contributed by atoms with Gasteiger partial charge in [-0.2, -0.15) is 5.26 Å². The molecule has 3 fully saturated rings. The van der Waals surface area contributed by atoms with Crippen molar-refractivity contribution in [1.29, 1.82) is 5.26 Å². The lowest BCUT2D eigenvalue weighted by Gasteiger charge is -2.35. The molecular weight excluding hydrogens is 296 g/mol. The van der Waals surface area contributed by atoms with Gasteiger partial charge in [-0.15, -0.1) is 0 Å². The normalized spacial score (nSPS) is 24.7. The Bertz CT molecular complexity index is 632. The van der Waals surface area contributed by atoms with E-state index in [-0.39, 0.29) is 11.8 Å². The average Bonchev–Trinajstić information content (AvgIpc) is 3.14. The van der Waals surface area contributed by atoms with Gasteiger partial charge in [0.15, 0.2) is 0 Å². The topological polar surface area (TPSA) is 82.6 Å². The van der Waals surface area contributed by atoms with Gasteiger partial charge in [0, 0.05) is 38.7 Å². The lowest BCUT2D eigenvalue weighted by molar-refractivity contribution is -0.135. The number of carbonyl (C=O) groups excluding carboxylic acids is 1. The van der Waals surface area contributed by atoms with Crippen molar-refractivity contribution in [3.8, 4) is 6.07 Å². The molecule has 1 atom stereocenters. The second kappa shape index (κ2) is 5.85. The minimum atomic E-state index is 0.0166. The number of oxazole rings is 1. The Morgan fingerprint density at radius 1 is 1.22 bits per heavy atom. The molecule has 2 saturated heterocycles. The molecule has 7 heteroatoms. The Hall–Kier alpha value is -2.07. The van der Waals surface area contributed by atoms with Crippen LogP contribution in [0.4, 0.5) is 5.88 Å². The fraction of sp³-hybridized carbons (Fsp3) is 0.688. The standard InChI is InChI=1S/C16H20N4O3/c17-9-13-16(23-14(18-13)11-1-2-11)20-6-4-19(5-7-20)15(21)12-3-8-22-10-12/h11-12H,1-8,10H2/t12-/m1/s1. The molecule has 0 aromatic carbocycles. The SMILES string of the molecule is N#Cc1nc(C2CC2)oc1N1CCN(C(=O)[C@@H]2CCOC2)CC1. The smallest absolute Gasteiger partial charge is 0.234 e. The second-order valence-corrected chi connectivity index (χ2v) is 6.46. The Labute approximate surface area is 134 Å². The highest BCUT2D eigenvalue weighted by Gasteiger charge is 2.34. The second-order valence-electron chi connectivity index (χ2n) is 6.46. The van der Waals surface area contributed by atoms with E-state index in [1.165, 1.54) is 0 Å². The zero-order chi connectivity index (χ0) is 15.8. The van der Waals surface area contributed by atoms with Gasteiger partial charge in [0.05, 0.1) is 12.5 Å². The van der Waals surface area contributed by atoms with E-state index in [0.29, 0.717) is 62.8 Å². The molecule has 1 amide bonds. The Morgan fingerprint density at radius 3 is 2.61 bits per heavy atom. The van der Waals surface area contributed by atoms with Gasteiger partial charge in [-0.05, 0) is 19.3 Å². The van der Waals surface area contributed by atoms with Crippen molar-refractivity contribution >= 4 is 11.8 Å². The molecule has 0 unspecified atom stereocenters. The van der Waals surface area contributed by atoms with E-state index < -0.39 is 0 Å². The maximum absolute atomic E-state index is 12.4. The summed E-state index contributed by atoms with van der Waals surface area (Å²) in [6.45, 7) is 3.88. The third-order valence-corrected chi connectivity index (χ3v) is 4.82. The fourth-order valence-electron chi connectivity index (χ4n) is 3.24. The summed E-state index contributed by atoms with van der Waals surface area (Å²) >= 11 is 0. The quantitative estimate of drug-likeness (QED) is 0.831. The first-order valence-electron chi connectivity index (χ1n) is 8.28. The molecule has 122 valence electrons. The summed E-state index contributed by atoms with van der Waals surface area (Å²) in [5, 5.41) is 9.27. The highest BCUT2D eigenvalue weighted by atomic mass is 16.5. The summed E-state index contributed by atoms with van der Waals surface area (Å²) in [6, 6.07) is 2.13. The number of ether oxygens (including phenoxy) is 1. The number of carbonyl (C=O) groups is 1. The molecule has 3 aliphatic rings. The third-order valence-electron chi connectivity index (χ3n) is 4.82. The molecule has 1 aromatic heterocycles. The molecule has 1 aliphatic carbocycles. The summed E-state index contributed by atoms with van der Waals surface area (Å²) in [7, 11) is 0. The van der Waals surface area contributed by atoms with Gasteiger partial charge in [-0.3, -0.25) is 4.79 Å². The predicted octanol–water partition coefficient (Wildman–Crippen LogP) is 1.11. The molecule has 0 spiro atoms. The van der Waals surface area contributed by atoms with Crippen molar-refractivity contribution in [3.05, 3.63) is 11.6 Å². The molecule has 1 aromatic rings. The van der Waals surface area contributed by atoms with Crippen LogP contribution >= 0.6 is 0 Å². The number of aromatic nitrogens is 1. The zero-order valence-electron chi connectivity index (χ0n) is 13.0. The van der Waals surface area contributed by atoms with E-state index in [2.05, 4.69) is 11.1 Å². The molecule has 4 rings (SSSR count). The molecule has 23 heavy (non-hydrogen) atoms. The summed E-state index contributed by atoms with van der Waals surface area (Å²) in [4.78, 5) is 20.7. The molecule has 0 radical (unpaired) electrons. The number of rotatable bonds is 3. The summed E-state index contributed by atoms with van der Waals surface area (Å²) < 4.78 is 11.1. The largest absolute Gasteiger partial charge is 0.423 e. The number of nitrogens with zero attached hydrogens (tertiary/aromatic N) is 4. The van der Waals surface area contributed by atoms with Gasteiger partial charge in [0.2, 0.25) is 23.4 Å². The summed E-state index contributed by atoms with van der Waals surface area (Å²) in [5.74, 6) is 1.87. The number of nitriles is 1. The van der Waals surface area contributed by atoms with Crippen LogP contribution in [-0.4, -0.2) is 55.2 Å². The highest BCUT2D eigenvalue weighted by Crippen LogP contribution is 2.41. The van der Waals surface area contributed by atoms with Crippen LogP contribution in [0.2, 0.25) is 0 Å². The highest BCUT2D eigenvalue weighted by molar-refractivity contribution is 5.79. The van der Waals surface area contributed by atoms with Crippen LogP contribution in [0, 0.1) is 17.2 Å². The van der Waals surface area contributed by atoms with Crippen LogP contribution in [0.5, 0.6) is 0 Å². The van der Waals surface area contributed by atoms with Gasteiger partial charge < -0.3 is 19.0 Å². The van der Waals surface area contributed by atoms with Crippen LogP contribution in [0.3, 0.4) is 0 Å². The summed E-state index contributed by atoms with van der Waals surface area (Å²) in [6.07, 6.45) is 3.01. The van der Waals surface area contributed by atoms with Crippen molar-refractivity contribution in [2.24, 2.45) is 5.92 Å². The Balaban J connectivity index is 1.41. The van der Waals surface area contributed by atoms with Crippen LogP contribution in [-0.2, 0) is 9.53 Å². The average molecular weight is 316 g/mol. The van der Waals surface area contributed by atoms with Gasteiger partial charge in [-0.25, -0.2) is 4.98 Å². The van der Waals surface area contributed by atoms with Crippen LogP contribution in [0.25, 0.3) is 0 Å². The van der Waals surface area contributed by atoms with Crippen molar-refractivity contribution in [2.75, 3.05) is 44.3 Å². The Morgan fingerprint density at radius 2 is 2.00 bits per heavy atom. The van der Waals surface area contributed by atoms with E-state index in [9.17, 15) is 10.1 Å². The maximum atomic E-state index is 12.4. The van der Waals surface area contributed by atoms with E-state index in [0.717, 1.165) is 19.3 Å². The molecule has 0 bridgehead atoms. The molecule has 2 aliphatic heterocycles. The van der Waals surface area contributed by atoms with E-state index in [4.69, 9.17) is 9.15 Å². The van der Waals surface area contributed by atoms with Crippen molar-refractivity contribution < 1.29 is 13.9 Å². The number of hydrogen-bond donors (Lipinski definition) is 0. The van der Waals surface area contributed by atoms with E-state index >= 15 is 0 Å². The van der Waals surface area contributed by atoms with Crippen molar-refractivity contribution in [1.82, 2.24) is 9.88 Å². The first kappa shape index (κ1) is 14.5. The molecule has 0 N–H and O–H groups in total. The van der Waals surface area contributed by atoms with Gasteiger partial charge >= 0.3 is 0 Å². The number of hydrogen-bond acceptors (Lipinski definition) is 6. The predicted molar refractivity (Wildman–Crippen MR) is 80.9 cm³/mol. The van der Waals surface area contributed by atoms with Crippen LogP contribution < -0.4 is 4.90 Å². The lowest BCUT2D eigenvalue weighted by Crippen LogP contribution is -2.50. The first-order chi connectivity index (χ1) is 11.3. The number of piperazine rings is 1. The minimum Gasteiger partial charge on any atom is -0.423 e. The molecule has 7 nitrogen and oxygen atoms in total. The number of amides is 1. The van der Waals surface area contributed by atoms with Gasteiger partial charge in [-0.1, -0.05) is 0 Å². The monoisotopic (exact) mass is 316 g/mol. The fourth-order valence-corrected chi connectivity index (χ4v) is 3.24. The van der Waals surface area contributed by atoms with Crippen LogP contribution in [0.1, 0.15) is 36.8 Å². The van der Waals surface area contributed by atoms with Gasteiger partial charge in [0.1, 0.15) is 6.07 Å². The van der Waals surface area contributed by atoms with Crippen molar-refractivity contribution in [2.45, 2.75) is 25.2 Å². The maximum Gasteiger partial charge on any atom is 0.234 e. The third kappa shape index (κ3) is 2.79. The molecule has 3 heterocycles. The lowest BCUT2D eigenvalue weighted by atomic mass is 10.1. The van der Waals surface area contributed by atoms with Gasteiger partial charge in [0.25, 0.3) is 0 Å². The summed E-state index contributed by atoms with van der Waals surface area (Å²) in [5.41, 5.74) is 0.371. The molecular formula is C16H20N4O3. The number of anilines is 1. The Kier molecular flexibility index (Phi) is 3.69. The van der Waals surface area contributed by atoms with E-state index in [1.54, 1.807) is 0 Å².